The first-order chi connectivity index (χ1) is 13.6. The Morgan fingerprint density at radius 2 is 1.93 bits per heavy atom. The molecule has 150 valence electrons. The van der Waals surface area contributed by atoms with Gasteiger partial charge >= 0.3 is 0 Å². The van der Waals surface area contributed by atoms with Gasteiger partial charge in [-0.1, -0.05) is 0 Å². The summed E-state index contributed by atoms with van der Waals surface area (Å²) in [4.78, 5) is 31.2. The van der Waals surface area contributed by atoms with Gasteiger partial charge in [-0.05, 0) is 25.7 Å². The second kappa shape index (κ2) is 7.90. The van der Waals surface area contributed by atoms with Crippen molar-refractivity contribution in [2.45, 2.75) is 44.2 Å². The lowest BCUT2D eigenvalue weighted by molar-refractivity contribution is -0.132. The van der Waals surface area contributed by atoms with Gasteiger partial charge in [0.1, 0.15) is 0 Å². The summed E-state index contributed by atoms with van der Waals surface area (Å²) in [5, 5.41) is 0. The lowest BCUT2D eigenvalue weighted by Crippen LogP contribution is -2.45. The van der Waals surface area contributed by atoms with E-state index in [1.54, 1.807) is 31.6 Å². The van der Waals surface area contributed by atoms with Crippen molar-refractivity contribution in [1.29, 1.82) is 0 Å². The molecule has 9 heteroatoms. The van der Waals surface area contributed by atoms with Crippen LogP contribution in [0.5, 0.6) is 11.8 Å². The highest BCUT2D eigenvalue weighted by Gasteiger charge is 2.45. The predicted molar refractivity (Wildman–Crippen MR) is 106 cm³/mol. The first-order valence-electron chi connectivity index (χ1n) is 9.53. The van der Waals surface area contributed by atoms with Crippen LogP contribution in [-0.2, 0) is 11.3 Å². The van der Waals surface area contributed by atoms with Crippen molar-refractivity contribution in [2.24, 2.45) is 0 Å². The van der Waals surface area contributed by atoms with Crippen LogP contribution >= 0.6 is 11.3 Å². The van der Waals surface area contributed by atoms with Gasteiger partial charge in [0.2, 0.25) is 23.6 Å². The maximum atomic E-state index is 12.6. The number of anilines is 1. The molecule has 0 bridgehead atoms. The number of ether oxygens (including phenoxy) is 2. The minimum atomic E-state index is -0.0845. The summed E-state index contributed by atoms with van der Waals surface area (Å²) in [5.41, 5.74) is 1.74. The Labute approximate surface area is 168 Å². The number of hydrogen-bond donors (Lipinski definition) is 0. The molecule has 8 nitrogen and oxygen atoms in total. The molecule has 2 aromatic heterocycles. The largest absolute Gasteiger partial charge is 0.481 e. The molecule has 0 aliphatic carbocycles. The zero-order chi connectivity index (χ0) is 19.6. The van der Waals surface area contributed by atoms with Gasteiger partial charge in [0.15, 0.2) is 0 Å². The van der Waals surface area contributed by atoms with Gasteiger partial charge in [0.25, 0.3) is 0 Å². The summed E-state index contributed by atoms with van der Waals surface area (Å²) >= 11 is 1.61. The summed E-state index contributed by atoms with van der Waals surface area (Å²) in [6.45, 7) is 2.30. The van der Waals surface area contributed by atoms with Crippen molar-refractivity contribution < 1.29 is 14.3 Å². The maximum absolute atomic E-state index is 12.6. The van der Waals surface area contributed by atoms with E-state index in [9.17, 15) is 4.79 Å². The predicted octanol–water partition coefficient (Wildman–Crippen LogP) is 2.50. The van der Waals surface area contributed by atoms with Crippen molar-refractivity contribution in [3.63, 3.8) is 0 Å². The number of thiazole rings is 1. The number of amides is 1. The molecule has 4 rings (SSSR count). The summed E-state index contributed by atoms with van der Waals surface area (Å²) in [7, 11) is 3.18. The topological polar surface area (TPSA) is 80.7 Å². The van der Waals surface area contributed by atoms with Gasteiger partial charge < -0.3 is 19.3 Å². The fourth-order valence-electron chi connectivity index (χ4n) is 4.25. The number of hydrogen-bond acceptors (Lipinski definition) is 8. The van der Waals surface area contributed by atoms with E-state index in [1.165, 1.54) is 0 Å². The molecule has 0 aromatic carbocycles. The van der Waals surface area contributed by atoms with Crippen LogP contribution in [-0.4, -0.2) is 58.6 Å². The Morgan fingerprint density at radius 3 is 2.61 bits per heavy atom. The van der Waals surface area contributed by atoms with E-state index in [0.29, 0.717) is 30.7 Å². The fourth-order valence-corrected chi connectivity index (χ4v) is 4.83. The van der Waals surface area contributed by atoms with Crippen LogP contribution in [0.15, 0.2) is 17.8 Å². The molecule has 1 atom stereocenters. The van der Waals surface area contributed by atoms with Crippen LogP contribution < -0.4 is 14.4 Å². The molecule has 0 N–H and O–H groups in total. The number of nitrogens with zero attached hydrogens (tertiary/aromatic N) is 5. The molecule has 2 aromatic rings. The average Bonchev–Trinajstić information content (AvgIpc) is 3.27. The van der Waals surface area contributed by atoms with Gasteiger partial charge in [-0.15, -0.1) is 11.3 Å². The molecule has 1 amide bonds. The Hall–Kier alpha value is -2.42. The van der Waals surface area contributed by atoms with E-state index >= 15 is 0 Å². The standard InChI is InChI=1S/C19H25N5O3S/c1-26-15-10-16(27-2)22-18(21-15)23-8-3-5-19(7-9-23)6-4-17(25)24(19)12-14-11-20-13-28-14/h10-11,13H,3-9,12H2,1-2H3. The number of carbonyl (C=O) groups excluding carboxylic acids is 1. The van der Waals surface area contributed by atoms with E-state index in [0.717, 1.165) is 43.6 Å². The molecule has 0 saturated carbocycles. The van der Waals surface area contributed by atoms with Crippen molar-refractivity contribution in [3.8, 4) is 11.8 Å². The molecule has 1 unspecified atom stereocenters. The third kappa shape index (κ3) is 3.63. The third-order valence-electron chi connectivity index (χ3n) is 5.76. The first-order valence-corrected chi connectivity index (χ1v) is 10.4. The van der Waals surface area contributed by atoms with Gasteiger partial charge in [-0.2, -0.15) is 9.97 Å². The van der Waals surface area contributed by atoms with E-state index in [-0.39, 0.29) is 11.4 Å². The number of methoxy groups -OCH3 is 2. The first kappa shape index (κ1) is 18.9. The third-order valence-corrected chi connectivity index (χ3v) is 6.53. The molecule has 1 spiro atoms. The van der Waals surface area contributed by atoms with E-state index < -0.39 is 0 Å². The highest BCUT2D eigenvalue weighted by molar-refractivity contribution is 7.09. The van der Waals surface area contributed by atoms with Crippen LogP contribution in [0.1, 0.15) is 37.0 Å². The highest BCUT2D eigenvalue weighted by Crippen LogP contribution is 2.41. The molecular weight excluding hydrogens is 378 g/mol. The van der Waals surface area contributed by atoms with Crippen LogP contribution in [0.25, 0.3) is 0 Å². The van der Waals surface area contributed by atoms with E-state index in [2.05, 4.69) is 24.8 Å². The van der Waals surface area contributed by atoms with Crippen molar-refractivity contribution in [1.82, 2.24) is 19.9 Å². The Balaban J connectivity index is 1.54. The number of likely N-dealkylation sites (tertiary alicyclic amines) is 1. The minimum Gasteiger partial charge on any atom is -0.481 e. The summed E-state index contributed by atoms with van der Waals surface area (Å²) in [6.07, 6.45) is 6.29. The molecule has 0 radical (unpaired) electrons. The quantitative estimate of drug-likeness (QED) is 0.759. The summed E-state index contributed by atoms with van der Waals surface area (Å²) in [6, 6.07) is 1.68. The molecule has 2 saturated heterocycles. The second-order valence-corrected chi connectivity index (χ2v) is 8.24. The average molecular weight is 404 g/mol. The molecule has 2 aliphatic rings. The fraction of sp³-hybridized carbons (Fsp3) is 0.579. The lowest BCUT2D eigenvalue weighted by Gasteiger charge is -2.38. The normalized spacial score (nSPS) is 22.6. The zero-order valence-electron chi connectivity index (χ0n) is 16.3. The summed E-state index contributed by atoms with van der Waals surface area (Å²) in [5.74, 6) is 1.85. The molecular formula is C19H25N5O3S. The molecule has 28 heavy (non-hydrogen) atoms. The molecule has 2 fully saturated rings. The van der Waals surface area contributed by atoms with Crippen LogP contribution in [0, 0.1) is 0 Å². The van der Waals surface area contributed by atoms with Crippen LogP contribution in [0.4, 0.5) is 5.95 Å². The number of rotatable bonds is 5. The van der Waals surface area contributed by atoms with Crippen molar-refractivity contribution >= 4 is 23.2 Å². The molecule has 2 aliphatic heterocycles. The summed E-state index contributed by atoms with van der Waals surface area (Å²) < 4.78 is 10.6. The maximum Gasteiger partial charge on any atom is 0.231 e. The lowest BCUT2D eigenvalue weighted by atomic mass is 9.87. The number of carbonyl (C=O) groups is 1. The van der Waals surface area contributed by atoms with E-state index in [1.807, 2.05) is 11.7 Å². The Kier molecular flexibility index (Phi) is 5.34. The Morgan fingerprint density at radius 1 is 1.14 bits per heavy atom. The van der Waals surface area contributed by atoms with Gasteiger partial charge in [-0.25, -0.2) is 0 Å². The molecule has 4 heterocycles. The SMILES string of the molecule is COc1cc(OC)nc(N2CCCC3(CCC(=O)N3Cc3cncs3)CC2)n1. The highest BCUT2D eigenvalue weighted by atomic mass is 32.1. The van der Waals surface area contributed by atoms with Crippen molar-refractivity contribution in [2.75, 3.05) is 32.2 Å². The van der Waals surface area contributed by atoms with Crippen LogP contribution in [0.2, 0.25) is 0 Å². The van der Waals surface area contributed by atoms with Gasteiger partial charge in [0, 0.05) is 36.1 Å². The Bertz CT molecular complexity index is 809. The van der Waals surface area contributed by atoms with E-state index in [4.69, 9.17) is 9.47 Å². The number of aromatic nitrogens is 3. The van der Waals surface area contributed by atoms with Gasteiger partial charge in [-0.3, -0.25) is 9.78 Å². The zero-order valence-corrected chi connectivity index (χ0v) is 17.1. The second-order valence-electron chi connectivity index (χ2n) is 7.27. The minimum absolute atomic E-state index is 0.0845. The van der Waals surface area contributed by atoms with Crippen molar-refractivity contribution in [3.05, 3.63) is 22.7 Å². The smallest absolute Gasteiger partial charge is 0.231 e. The van der Waals surface area contributed by atoms with Gasteiger partial charge in [0.05, 0.1) is 32.3 Å². The monoisotopic (exact) mass is 403 g/mol. The van der Waals surface area contributed by atoms with Crippen LogP contribution in [0.3, 0.4) is 0 Å².